The van der Waals surface area contributed by atoms with E-state index in [1.165, 1.54) is 18.7 Å². The molecule has 0 bridgehead atoms. The van der Waals surface area contributed by atoms with Crippen LogP contribution < -0.4 is 5.73 Å². The van der Waals surface area contributed by atoms with Gasteiger partial charge in [0.2, 0.25) is 0 Å². The Bertz CT molecular complexity index is 191. The van der Waals surface area contributed by atoms with Gasteiger partial charge in [0, 0.05) is 18.8 Å². The van der Waals surface area contributed by atoms with Gasteiger partial charge in [-0.1, -0.05) is 6.92 Å². The fraction of sp³-hybridized carbons (Fsp3) is 0.286. The van der Waals surface area contributed by atoms with Gasteiger partial charge in [-0.2, -0.15) is 0 Å². The van der Waals surface area contributed by atoms with Crippen molar-refractivity contribution >= 4 is 18.9 Å². The molecule has 4 nitrogen and oxygen atoms in total. The summed E-state index contributed by atoms with van der Waals surface area (Å²) in [7, 11) is 0. The normalized spacial score (nSPS) is 13.0. The predicted molar refractivity (Wildman–Crippen MR) is 49.1 cm³/mol. The zero-order chi connectivity index (χ0) is 8.53. The minimum absolute atomic E-state index is 0.586. The average Bonchev–Trinajstić information content (AvgIpc) is 2.04. The smallest absolute Gasteiger partial charge is 0.114 e. The lowest BCUT2D eigenvalue weighted by Crippen LogP contribution is -2.08. The maximum atomic E-state index is 5.40. The number of hydrogen-bond acceptors (Lipinski definition) is 2. The Morgan fingerprint density at radius 1 is 1.55 bits per heavy atom. The molecular weight excluding hydrogens is 140 g/mol. The van der Waals surface area contributed by atoms with Crippen molar-refractivity contribution in [2.45, 2.75) is 13.3 Å². The van der Waals surface area contributed by atoms with Crippen LogP contribution >= 0.6 is 0 Å². The van der Waals surface area contributed by atoms with Crippen molar-refractivity contribution in [3.8, 4) is 0 Å². The van der Waals surface area contributed by atoms with Crippen LogP contribution in [0.3, 0.4) is 0 Å². The van der Waals surface area contributed by atoms with Gasteiger partial charge in [-0.15, -0.1) is 0 Å². The summed E-state index contributed by atoms with van der Waals surface area (Å²) in [5.74, 6) is 0.586. The number of hydrogen-bond donors (Lipinski definition) is 1. The Labute approximate surface area is 66.3 Å². The maximum absolute atomic E-state index is 5.40. The molecule has 0 radical (unpaired) electrons. The Morgan fingerprint density at radius 2 is 2.27 bits per heavy atom. The van der Waals surface area contributed by atoms with Gasteiger partial charge in [-0.05, 0) is 6.72 Å². The Balaban J connectivity index is 3.76. The zero-order valence-electron chi connectivity index (χ0n) is 6.57. The van der Waals surface area contributed by atoms with Gasteiger partial charge >= 0.3 is 0 Å². The Morgan fingerprint density at radius 3 is 2.82 bits per heavy atom. The van der Waals surface area contributed by atoms with Crippen molar-refractivity contribution in [2.75, 3.05) is 0 Å². The topological polar surface area (TPSA) is 63.1 Å². The molecule has 0 unspecified atom stereocenters. The summed E-state index contributed by atoms with van der Waals surface area (Å²) < 4.78 is 0. The van der Waals surface area contributed by atoms with Crippen molar-refractivity contribution < 1.29 is 0 Å². The van der Waals surface area contributed by atoms with Crippen LogP contribution in [0, 0.1) is 0 Å². The molecule has 60 valence electrons. The van der Waals surface area contributed by atoms with E-state index in [-0.39, 0.29) is 0 Å². The monoisotopic (exact) mass is 152 g/mol. The number of nitrogens with zero attached hydrogens (tertiary/aromatic N) is 3. The van der Waals surface area contributed by atoms with E-state index in [0.717, 1.165) is 6.42 Å². The van der Waals surface area contributed by atoms with Crippen LogP contribution in [0.15, 0.2) is 27.4 Å². The first-order chi connectivity index (χ1) is 5.31. The summed E-state index contributed by atoms with van der Waals surface area (Å²) in [6, 6.07) is 0. The maximum Gasteiger partial charge on any atom is 0.114 e. The first-order valence-corrected chi connectivity index (χ1v) is 3.26. The minimum atomic E-state index is 0.586. The molecule has 11 heavy (non-hydrogen) atoms. The quantitative estimate of drug-likeness (QED) is 0.473. The highest BCUT2D eigenvalue weighted by Gasteiger charge is 1.78. The summed E-state index contributed by atoms with van der Waals surface area (Å²) in [6.07, 6.45) is 5.08. The fourth-order valence-corrected chi connectivity index (χ4v) is 0.344. The standard InChI is InChI=1S/C7H12N4/c1-3-7(8)11-5-4-10-6-9-2/h4-6H,2-3H2,1H3,(H2,8,11)/b5-4+,10-6?. The van der Waals surface area contributed by atoms with Crippen molar-refractivity contribution in [1.29, 1.82) is 0 Å². The highest BCUT2D eigenvalue weighted by atomic mass is 14.9. The molecular formula is C7H12N4. The number of rotatable bonds is 4. The van der Waals surface area contributed by atoms with Crippen molar-refractivity contribution in [3.63, 3.8) is 0 Å². The molecule has 0 spiro atoms. The van der Waals surface area contributed by atoms with Crippen LogP contribution in [0.1, 0.15) is 13.3 Å². The van der Waals surface area contributed by atoms with Crippen LogP contribution in [-0.4, -0.2) is 18.9 Å². The third-order valence-electron chi connectivity index (χ3n) is 0.904. The second-order valence-corrected chi connectivity index (χ2v) is 1.72. The molecule has 0 aliphatic carbocycles. The average molecular weight is 152 g/mol. The molecule has 0 aliphatic heterocycles. The third kappa shape index (κ3) is 6.44. The van der Waals surface area contributed by atoms with Crippen molar-refractivity contribution in [3.05, 3.63) is 12.4 Å². The first kappa shape index (κ1) is 9.55. The lowest BCUT2D eigenvalue weighted by Gasteiger charge is -1.87. The molecule has 0 aromatic carbocycles. The number of amidine groups is 1. The molecule has 0 rings (SSSR count). The summed E-state index contributed by atoms with van der Waals surface area (Å²) in [5.41, 5.74) is 5.40. The molecule has 0 aromatic heterocycles. The van der Waals surface area contributed by atoms with Crippen LogP contribution in [0.2, 0.25) is 0 Å². The van der Waals surface area contributed by atoms with Crippen LogP contribution in [0.5, 0.6) is 0 Å². The Kier molecular flexibility index (Phi) is 5.79. The highest BCUT2D eigenvalue weighted by molar-refractivity contribution is 5.80. The van der Waals surface area contributed by atoms with Crippen molar-refractivity contribution in [1.82, 2.24) is 0 Å². The Hall–Kier alpha value is -1.45. The van der Waals surface area contributed by atoms with E-state index in [2.05, 4.69) is 21.7 Å². The van der Waals surface area contributed by atoms with Crippen LogP contribution in [-0.2, 0) is 0 Å². The van der Waals surface area contributed by atoms with Gasteiger partial charge in [0.05, 0.1) is 5.84 Å². The zero-order valence-corrected chi connectivity index (χ0v) is 6.57. The molecule has 0 amide bonds. The van der Waals surface area contributed by atoms with E-state index in [9.17, 15) is 0 Å². The summed E-state index contributed by atoms with van der Waals surface area (Å²) >= 11 is 0. The van der Waals surface area contributed by atoms with Gasteiger partial charge in [0.25, 0.3) is 0 Å². The van der Waals surface area contributed by atoms with Crippen molar-refractivity contribution in [2.24, 2.45) is 20.7 Å². The molecule has 0 heterocycles. The van der Waals surface area contributed by atoms with E-state index >= 15 is 0 Å². The molecule has 0 saturated carbocycles. The lowest BCUT2D eigenvalue weighted by molar-refractivity contribution is 1.23. The van der Waals surface area contributed by atoms with Gasteiger partial charge in [-0.3, -0.25) is 4.99 Å². The van der Waals surface area contributed by atoms with E-state index in [1.807, 2.05) is 6.92 Å². The second-order valence-electron chi connectivity index (χ2n) is 1.72. The largest absolute Gasteiger partial charge is 0.387 e. The molecule has 0 saturated heterocycles. The van der Waals surface area contributed by atoms with E-state index in [1.54, 1.807) is 0 Å². The summed E-state index contributed by atoms with van der Waals surface area (Å²) in [4.78, 5) is 11.0. The molecule has 4 heteroatoms. The second kappa shape index (κ2) is 6.67. The minimum Gasteiger partial charge on any atom is -0.387 e. The summed E-state index contributed by atoms with van der Waals surface area (Å²) in [6.45, 7) is 5.15. The van der Waals surface area contributed by atoms with E-state index in [0.29, 0.717) is 5.84 Å². The van der Waals surface area contributed by atoms with Gasteiger partial charge in [-0.25, -0.2) is 9.98 Å². The SMILES string of the molecule is C=NC=N/C=C/N=C(N)CC. The van der Waals surface area contributed by atoms with Gasteiger partial charge in [0.15, 0.2) is 0 Å². The highest BCUT2D eigenvalue weighted by Crippen LogP contribution is 1.80. The van der Waals surface area contributed by atoms with Gasteiger partial charge < -0.3 is 5.73 Å². The summed E-state index contributed by atoms with van der Waals surface area (Å²) in [5, 5.41) is 0. The van der Waals surface area contributed by atoms with Crippen LogP contribution in [0.4, 0.5) is 0 Å². The first-order valence-electron chi connectivity index (χ1n) is 3.26. The molecule has 2 N–H and O–H groups in total. The molecule has 0 aliphatic rings. The third-order valence-corrected chi connectivity index (χ3v) is 0.904. The molecule has 0 aromatic rings. The van der Waals surface area contributed by atoms with E-state index < -0.39 is 0 Å². The number of aliphatic imine (C=N–C) groups is 3. The van der Waals surface area contributed by atoms with E-state index in [4.69, 9.17) is 5.73 Å². The van der Waals surface area contributed by atoms with Gasteiger partial charge in [0.1, 0.15) is 6.34 Å². The fourth-order valence-electron chi connectivity index (χ4n) is 0.344. The lowest BCUT2D eigenvalue weighted by atomic mass is 10.5. The predicted octanol–water partition coefficient (Wildman–Crippen LogP) is 0.954. The molecule has 0 atom stereocenters. The van der Waals surface area contributed by atoms with Crippen LogP contribution in [0.25, 0.3) is 0 Å². The number of nitrogens with two attached hydrogens (primary N) is 1. The molecule has 0 fully saturated rings.